The average Bonchev–Trinajstić information content (AvgIpc) is 3.07. The van der Waals surface area contributed by atoms with E-state index >= 15 is 0 Å². The van der Waals surface area contributed by atoms with Crippen molar-refractivity contribution < 1.29 is 80.9 Å². The van der Waals surface area contributed by atoms with Gasteiger partial charge < -0.3 is 18.6 Å². The molecule has 2 fully saturated rings. The molecule has 23 heteroatoms. The summed E-state index contributed by atoms with van der Waals surface area (Å²) in [6, 6.07) is 9.02. The molecule has 52 heavy (non-hydrogen) atoms. The SMILES string of the molecule is C.O=CN(C(=O)OCC(F)C(F)(F)S(=O)(=O)[O-])C1CCCCC1.O=CN(C(=O)OCC(F)C(F)(F)S(=O)(=O)[O-])C1CCCCC1.[SH2+]c1ccccc1. The molecule has 0 heterocycles. The van der Waals surface area contributed by atoms with Crippen molar-refractivity contribution in [1.29, 1.82) is 0 Å². The number of carbonyl (C=O) groups is 4. The van der Waals surface area contributed by atoms with Gasteiger partial charge in [-0.15, -0.1) is 0 Å². The Hall–Kier alpha value is -3.15. The molecular formula is C29H41F6N2O12S3-. The molecule has 2 aliphatic rings. The summed E-state index contributed by atoms with van der Waals surface area (Å²) < 4.78 is 147. The molecule has 0 spiro atoms. The maximum Gasteiger partial charge on any atom is 0.416 e. The van der Waals surface area contributed by atoms with E-state index in [4.69, 9.17) is 0 Å². The Morgan fingerprint density at radius 2 is 1.04 bits per heavy atom. The molecular weight excluding hydrogens is 779 g/mol. The third-order valence-corrected chi connectivity index (χ3v) is 9.64. The Morgan fingerprint density at radius 3 is 1.27 bits per heavy atom. The normalized spacial score (nSPS) is 16.9. The summed E-state index contributed by atoms with van der Waals surface area (Å²) in [4.78, 5) is 47.3. The molecule has 1 aromatic carbocycles. The zero-order valence-electron chi connectivity index (χ0n) is 26.7. The second-order valence-corrected chi connectivity index (χ2v) is 14.6. The van der Waals surface area contributed by atoms with Gasteiger partial charge in [-0.3, -0.25) is 9.59 Å². The van der Waals surface area contributed by atoms with Crippen molar-refractivity contribution in [1.82, 2.24) is 9.80 Å². The van der Waals surface area contributed by atoms with Crippen molar-refractivity contribution in [3.8, 4) is 0 Å². The molecule has 0 saturated heterocycles. The predicted molar refractivity (Wildman–Crippen MR) is 173 cm³/mol. The maximum absolute atomic E-state index is 13.1. The van der Waals surface area contributed by atoms with Crippen molar-refractivity contribution in [2.45, 2.75) is 111 Å². The van der Waals surface area contributed by atoms with Gasteiger partial charge in [0.05, 0.1) is 0 Å². The van der Waals surface area contributed by atoms with Crippen LogP contribution in [0.2, 0.25) is 0 Å². The number of benzene rings is 1. The second-order valence-electron chi connectivity index (χ2n) is 11.1. The van der Waals surface area contributed by atoms with Crippen molar-refractivity contribution in [2.75, 3.05) is 13.2 Å². The van der Waals surface area contributed by atoms with E-state index in [2.05, 4.69) is 22.1 Å². The summed E-state index contributed by atoms with van der Waals surface area (Å²) in [7, 11) is -12.5. The van der Waals surface area contributed by atoms with E-state index in [1.807, 2.05) is 30.3 Å². The number of halogens is 6. The smallest absolute Gasteiger partial charge is 0.416 e. The predicted octanol–water partition coefficient (Wildman–Crippen LogP) is 4.47. The molecule has 2 aliphatic carbocycles. The van der Waals surface area contributed by atoms with Gasteiger partial charge in [0, 0.05) is 12.1 Å². The highest BCUT2D eigenvalue weighted by atomic mass is 32.2. The number of hydrogen-bond acceptors (Lipinski definition) is 12. The van der Waals surface area contributed by atoms with Gasteiger partial charge in [-0.25, -0.2) is 45.0 Å². The number of nitrogens with zero attached hydrogens (tertiary/aromatic N) is 2. The van der Waals surface area contributed by atoms with E-state index in [1.165, 1.54) is 0 Å². The first-order chi connectivity index (χ1) is 23.6. The molecule has 3 rings (SSSR count). The Labute approximate surface area is 303 Å². The van der Waals surface area contributed by atoms with Crippen LogP contribution in [0.3, 0.4) is 0 Å². The van der Waals surface area contributed by atoms with Crippen LogP contribution in [0.15, 0.2) is 35.2 Å². The van der Waals surface area contributed by atoms with Gasteiger partial charge in [0.15, 0.2) is 20.2 Å². The molecule has 0 radical (unpaired) electrons. The van der Waals surface area contributed by atoms with E-state index in [1.54, 1.807) is 0 Å². The lowest BCUT2D eigenvalue weighted by molar-refractivity contribution is -0.120. The van der Waals surface area contributed by atoms with Gasteiger partial charge >= 0.3 is 22.7 Å². The monoisotopic (exact) mass is 819 g/mol. The first-order valence-electron chi connectivity index (χ1n) is 15.1. The highest BCUT2D eigenvalue weighted by molar-refractivity contribution is 7.87. The molecule has 1 aromatic rings. The van der Waals surface area contributed by atoms with E-state index in [0.717, 1.165) is 43.4 Å². The Balaban J connectivity index is 0.000000827. The number of imide groups is 2. The first kappa shape index (κ1) is 48.9. The third kappa shape index (κ3) is 15.1. The Morgan fingerprint density at radius 1 is 0.731 bits per heavy atom. The zero-order valence-corrected chi connectivity index (χ0v) is 29.3. The number of amides is 4. The van der Waals surface area contributed by atoms with Crippen LogP contribution in [-0.2, 0) is 51.9 Å². The fraction of sp³-hybridized carbons (Fsp3) is 0.655. The minimum atomic E-state index is -6.23. The first-order valence-corrected chi connectivity index (χ1v) is 18.4. The van der Waals surface area contributed by atoms with E-state index < -0.39 is 80.6 Å². The number of rotatable bonds is 12. The molecule has 2 atom stereocenters. The zero-order chi connectivity index (χ0) is 39.0. The largest absolute Gasteiger partial charge is 0.743 e. The van der Waals surface area contributed by atoms with E-state index in [0.29, 0.717) is 35.5 Å². The highest BCUT2D eigenvalue weighted by Crippen LogP contribution is 2.29. The second kappa shape index (κ2) is 22.2. The van der Waals surface area contributed by atoms with Crippen LogP contribution >= 0.6 is 0 Å². The molecule has 0 aliphatic heterocycles. The summed E-state index contributed by atoms with van der Waals surface area (Å²) in [5.74, 6) is 0. The number of carbonyl (C=O) groups excluding carboxylic acids is 4. The third-order valence-electron chi connectivity index (χ3n) is 7.46. The highest BCUT2D eigenvalue weighted by Gasteiger charge is 2.49. The lowest BCUT2D eigenvalue weighted by atomic mass is 9.95. The molecule has 0 aromatic heterocycles. The minimum Gasteiger partial charge on any atom is -0.743 e. The molecule has 4 amide bonds. The molecule has 300 valence electrons. The van der Waals surface area contributed by atoms with Crippen LogP contribution in [0.1, 0.15) is 71.6 Å². The van der Waals surface area contributed by atoms with Crippen molar-refractivity contribution in [2.24, 2.45) is 0 Å². The number of hydrogen-bond donors (Lipinski definition) is 0. The fourth-order valence-corrected chi connectivity index (χ4v) is 5.61. The molecule has 14 nitrogen and oxygen atoms in total. The quantitative estimate of drug-likeness (QED) is 0.124. The van der Waals surface area contributed by atoms with E-state index in [-0.39, 0.29) is 20.2 Å². The summed E-state index contributed by atoms with van der Waals surface area (Å²) in [5.41, 5.74) is 0. The van der Waals surface area contributed by atoms with Gasteiger partial charge in [-0.05, 0) is 50.4 Å². The van der Waals surface area contributed by atoms with Crippen LogP contribution in [0.25, 0.3) is 0 Å². The summed E-state index contributed by atoms with van der Waals surface area (Å²) in [6.45, 7) is -3.30. The van der Waals surface area contributed by atoms with Gasteiger partial charge in [-0.1, -0.05) is 64.2 Å². The molecule has 2 unspecified atom stereocenters. The van der Waals surface area contributed by atoms with E-state index in [9.17, 15) is 71.5 Å². The van der Waals surface area contributed by atoms with Crippen LogP contribution < -0.4 is 0 Å². The van der Waals surface area contributed by atoms with Crippen molar-refractivity contribution >= 4 is 57.9 Å². The Kier molecular flexibility index (Phi) is 20.8. The maximum atomic E-state index is 13.1. The van der Waals surface area contributed by atoms with Gasteiger partial charge in [0.1, 0.15) is 18.1 Å². The van der Waals surface area contributed by atoms with Crippen LogP contribution in [0.4, 0.5) is 35.9 Å². The molecule has 2 saturated carbocycles. The average molecular weight is 820 g/mol. The summed E-state index contributed by atoms with van der Waals surface area (Å²) in [6.07, 6.45) is -2.49. The van der Waals surface area contributed by atoms with Gasteiger partial charge in [0.25, 0.3) is 0 Å². The minimum absolute atomic E-state index is 0. The topological polar surface area (TPSA) is 208 Å². The summed E-state index contributed by atoms with van der Waals surface area (Å²) in [5, 5.41) is -10.4. The van der Waals surface area contributed by atoms with Gasteiger partial charge in [0.2, 0.25) is 25.2 Å². The molecule has 0 bridgehead atoms. The molecule has 0 N–H and O–H groups in total. The van der Waals surface area contributed by atoms with Crippen molar-refractivity contribution in [3.05, 3.63) is 30.3 Å². The van der Waals surface area contributed by atoms with Gasteiger partial charge in [-0.2, -0.15) is 17.6 Å². The standard InChI is InChI=1S/2C11H16F3NO6S.C6H6S.CH4/c2*12-9(11(13,14)22(18,19)20)6-21-10(17)15(7-16)8-4-2-1-3-5-8;7-6-4-2-1-3-5-6;/h2*7-9H,1-6H2,(H,18,19,20);1-5,7H;1H4/p-1. The number of ether oxygens (including phenoxy) is 2. The van der Waals surface area contributed by atoms with Crippen LogP contribution in [0.5, 0.6) is 0 Å². The van der Waals surface area contributed by atoms with Crippen LogP contribution in [-0.4, -0.2) is 109 Å². The summed E-state index contributed by atoms with van der Waals surface area (Å²) >= 11 is 3.36. The number of alkyl halides is 6. The Bertz CT molecular complexity index is 1390. The lowest BCUT2D eigenvalue weighted by Crippen LogP contribution is -2.45. The van der Waals surface area contributed by atoms with Crippen molar-refractivity contribution in [3.63, 3.8) is 0 Å². The van der Waals surface area contributed by atoms with Crippen LogP contribution in [0, 0.1) is 0 Å². The lowest BCUT2D eigenvalue weighted by Gasteiger charge is -2.29. The fourth-order valence-electron chi connectivity index (χ4n) is 4.66.